The predicted molar refractivity (Wildman–Crippen MR) is 130 cm³/mol. The van der Waals surface area contributed by atoms with Gasteiger partial charge in [-0.25, -0.2) is 9.97 Å². The highest BCUT2D eigenvalue weighted by Crippen LogP contribution is 2.35. The summed E-state index contributed by atoms with van der Waals surface area (Å²) in [6, 6.07) is 4.42. The Bertz CT molecular complexity index is 1240. The minimum atomic E-state index is -2.98. The van der Waals surface area contributed by atoms with Crippen LogP contribution in [-0.4, -0.2) is 70.8 Å². The standard InChI is InChI=1S/C24H29F2N7O2/c1-24(7-8-24)32-22(34)16-12-29-21-20(16)31-18(13-30-21)19(27)15-11-14(35-23(25)26)5-6-17(15)28-9-4-10-33(2)3/h5-6,11-13,23,27-28H,4,7-10H2,1-3H3,(H,29,30)(H,32,34). The lowest BCUT2D eigenvalue weighted by Crippen LogP contribution is -2.34. The van der Waals surface area contributed by atoms with Crippen LogP contribution in [0.1, 0.15) is 47.8 Å². The quantitative estimate of drug-likeness (QED) is 0.243. The molecule has 2 aromatic heterocycles. The van der Waals surface area contributed by atoms with Gasteiger partial charge in [0.1, 0.15) is 17.0 Å². The molecule has 0 radical (unpaired) electrons. The number of H-pyrrole nitrogens is 1. The molecule has 1 saturated carbocycles. The summed E-state index contributed by atoms with van der Waals surface area (Å²) in [6.07, 6.45) is 5.66. The number of carbonyl (C=O) groups is 1. The first-order valence-corrected chi connectivity index (χ1v) is 11.4. The van der Waals surface area contributed by atoms with Gasteiger partial charge >= 0.3 is 6.61 Å². The van der Waals surface area contributed by atoms with Gasteiger partial charge in [-0.2, -0.15) is 8.78 Å². The van der Waals surface area contributed by atoms with Crippen molar-refractivity contribution in [3.05, 3.63) is 47.4 Å². The van der Waals surface area contributed by atoms with Crippen LogP contribution in [0.15, 0.2) is 30.6 Å². The zero-order chi connectivity index (χ0) is 25.2. The van der Waals surface area contributed by atoms with Gasteiger partial charge in [-0.1, -0.05) is 0 Å². The van der Waals surface area contributed by atoms with Gasteiger partial charge in [0, 0.05) is 29.5 Å². The molecule has 0 spiro atoms. The van der Waals surface area contributed by atoms with Crippen molar-refractivity contribution in [3.63, 3.8) is 0 Å². The number of fused-ring (bicyclic) bond motifs is 1. The van der Waals surface area contributed by atoms with Crippen LogP contribution in [0.3, 0.4) is 0 Å². The molecule has 1 aliphatic rings. The molecule has 9 nitrogen and oxygen atoms in total. The van der Waals surface area contributed by atoms with Crippen LogP contribution in [0.25, 0.3) is 11.2 Å². The number of nitrogens with one attached hydrogen (secondary N) is 4. The number of ether oxygens (including phenoxy) is 1. The number of aromatic amines is 1. The number of hydrogen-bond donors (Lipinski definition) is 4. The summed E-state index contributed by atoms with van der Waals surface area (Å²) in [5.41, 5.74) is 2.01. The minimum Gasteiger partial charge on any atom is -0.435 e. The van der Waals surface area contributed by atoms with E-state index in [1.807, 2.05) is 21.0 Å². The number of nitrogens with zero attached hydrogens (tertiary/aromatic N) is 3. The van der Waals surface area contributed by atoms with Gasteiger partial charge in [0.2, 0.25) is 0 Å². The van der Waals surface area contributed by atoms with E-state index < -0.39 is 6.61 Å². The van der Waals surface area contributed by atoms with Crippen LogP contribution < -0.4 is 15.4 Å². The topological polar surface area (TPSA) is 119 Å². The number of rotatable bonds is 11. The van der Waals surface area contributed by atoms with Crippen molar-refractivity contribution < 1.29 is 18.3 Å². The molecule has 0 aliphatic heterocycles. The second-order valence-corrected chi connectivity index (χ2v) is 9.21. The lowest BCUT2D eigenvalue weighted by Gasteiger charge is -2.16. The van der Waals surface area contributed by atoms with E-state index in [0.717, 1.165) is 25.8 Å². The molecule has 2 heterocycles. The Morgan fingerprint density at radius 2 is 2.09 bits per heavy atom. The molecule has 35 heavy (non-hydrogen) atoms. The molecule has 0 atom stereocenters. The van der Waals surface area contributed by atoms with Crippen molar-refractivity contribution >= 4 is 28.5 Å². The molecule has 4 rings (SSSR count). The Morgan fingerprint density at radius 1 is 1.31 bits per heavy atom. The fourth-order valence-electron chi connectivity index (χ4n) is 3.66. The number of benzene rings is 1. The van der Waals surface area contributed by atoms with Crippen LogP contribution in [-0.2, 0) is 0 Å². The molecule has 186 valence electrons. The number of carbonyl (C=O) groups excluding carboxylic acids is 1. The molecule has 3 aromatic rings. The summed E-state index contributed by atoms with van der Waals surface area (Å²) in [6.45, 7) is 0.486. The molecule has 11 heteroatoms. The maximum absolute atomic E-state index is 12.8. The molecule has 0 saturated heterocycles. The van der Waals surface area contributed by atoms with E-state index in [-0.39, 0.29) is 28.6 Å². The zero-order valence-corrected chi connectivity index (χ0v) is 19.9. The van der Waals surface area contributed by atoms with E-state index in [4.69, 9.17) is 5.41 Å². The van der Waals surface area contributed by atoms with Crippen molar-refractivity contribution in [2.75, 3.05) is 32.5 Å². The highest BCUT2D eigenvalue weighted by molar-refractivity contribution is 6.14. The third-order valence-electron chi connectivity index (χ3n) is 5.88. The molecule has 0 unspecified atom stereocenters. The Kier molecular flexibility index (Phi) is 6.97. The SMILES string of the molecule is CN(C)CCCNc1ccc(OC(F)F)cc1C(=N)c1cnc2[nH]cc(C(=O)NC3(C)CC3)c2n1. The third-order valence-corrected chi connectivity index (χ3v) is 5.88. The minimum absolute atomic E-state index is 0.0315. The van der Waals surface area contributed by atoms with Gasteiger partial charge < -0.3 is 25.3 Å². The van der Waals surface area contributed by atoms with E-state index in [9.17, 15) is 13.6 Å². The molecule has 0 bridgehead atoms. The van der Waals surface area contributed by atoms with Gasteiger partial charge in [0.25, 0.3) is 5.91 Å². The Hall–Kier alpha value is -3.60. The monoisotopic (exact) mass is 485 g/mol. The summed E-state index contributed by atoms with van der Waals surface area (Å²) < 4.78 is 30.2. The Morgan fingerprint density at radius 3 is 2.77 bits per heavy atom. The molecule has 1 amide bonds. The summed E-state index contributed by atoms with van der Waals surface area (Å²) in [4.78, 5) is 26.6. The highest BCUT2D eigenvalue weighted by Gasteiger charge is 2.39. The van der Waals surface area contributed by atoms with Crippen molar-refractivity contribution in [1.82, 2.24) is 25.2 Å². The first-order chi connectivity index (χ1) is 16.6. The average Bonchev–Trinajstić information content (AvgIpc) is 3.37. The first-order valence-electron chi connectivity index (χ1n) is 11.4. The van der Waals surface area contributed by atoms with Gasteiger partial charge in [0.15, 0.2) is 5.65 Å². The second kappa shape index (κ2) is 9.95. The fraction of sp³-hybridized carbons (Fsp3) is 0.417. The number of hydrogen-bond acceptors (Lipinski definition) is 7. The second-order valence-electron chi connectivity index (χ2n) is 9.21. The van der Waals surface area contributed by atoms with Crippen molar-refractivity contribution in [1.29, 1.82) is 5.41 Å². The van der Waals surface area contributed by atoms with Gasteiger partial charge in [-0.05, 0) is 65.0 Å². The summed E-state index contributed by atoms with van der Waals surface area (Å²) >= 11 is 0. The van der Waals surface area contributed by atoms with Gasteiger partial charge in [0.05, 0.1) is 17.5 Å². The number of aromatic nitrogens is 3. The predicted octanol–water partition coefficient (Wildman–Crippen LogP) is 3.62. The number of amides is 1. The van der Waals surface area contributed by atoms with Gasteiger partial charge in [-0.3, -0.25) is 10.2 Å². The van der Waals surface area contributed by atoms with Crippen LogP contribution >= 0.6 is 0 Å². The first kappa shape index (κ1) is 24.5. The number of alkyl halides is 2. The number of halogens is 2. The average molecular weight is 486 g/mol. The number of anilines is 1. The van der Waals surface area contributed by atoms with Crippen LogP contribution in [0.5, 0.6) is 5.75 Å². The van der Waals surface area contributed by atoms with Gasteiger partial charge in [-0.15, -0.1) is 0 Å². The van der Waals surface area contributed by atoms with E-state index >= 15 is 0 Å². The Labute approximate surface area is 201 Å². The smallest absolute Gasteiger partial charge is 0.387 e. The maximum Gasteiger partial charge on any atom is 0.387 e. The fourth-order valence-corrected chi connectivity index (χ4v) is 3.66. The lowest BCUT2D eigenvalue weighted by atomic mass is 10.0. The van der Waals surface area contributed by atoms with Crippen molar-refractivity contribution in [2.24, 2.45) is 0 Å². The maximum atomic E-state index is 12.8. The third kappa shape index (κ3) is 5.91. The largest absolute Gasteiger partial charge is 0.435 e. The zero-order valence-electron chi connectivity index (χ0n) is 19.9. The summed E-state index contributed by atoms with van der Waals surface area (Å²) in [5, 5.41) is 15.1. The molecule has 1 aromatic carbocycles. The van der Waals surface area contributed by atoms with Crippen molar-refractivity contribution in [2.45, 2.75) is 38.3 Å². The van der Waals surface area contributed by atoms with E-state index in [1.54, 1.807) is 12.3 Å². The van der Waals surface area contributed by atoms with Crippen LogP contribution in [0.2, 0.25) is 0 Å². The molecular weight excluding hydrogens is 456 g/mol. The van der Waals surface area contributed by atoms with Crippen LogP contribution in [0.4, 0.5) is 14.5 Å². The molecule has 4 N–H and O–H groups in total. The molecule has 1 fully saturated rings. The van der Waals surface area contributed by atoms with Crippen LogP contribution in [0, 0.1) is 5.41 Å². The Balaban J connectivity index is 1.63. The summed E-state index contributed by atoms with van der Waals surface area (Å²) in [7, 11) is 3.96. The van der Waals surface area contributed by atoms with E-state index in [1.165, 1.54) is 18.3 Å². The van der Waals surface area contributed by atoms with E-state index in [2.05, 4.69) is 35.2 Å². The van der Waals surface area contributed by atoms with E-state index in [0.29, 0.717) is 34.5 Å². The molecular formula is C24H29F2N7O2. The summed E-state index contributed by atoms with van der Waals surface area (Å²) in [5.74, 6) is -0.322. The highest BCUT2D eigenvalue weighted by atomic mass is 19.3. The molecule has 1 aliphatic carbocycles. The van der Waals surface area contributed by atoms with Crippen molar-refractivity contribution in [3.8, 4) is 5.75 Å². The lowest BCUT2D eigenvalue weighted by molar-refractivity contribution is -0.0498. The normalized spacial score (nSPS) is 14.4.